The number of aryl methyl sites for hydroxylation is 2. The first kappa shape index (κ1) is 18.9. The van der Waals surface area contributed by atoms with E-state index in [1.54, 1.807) is 48.2 Å². The molecule has 0 unspecified atom stereocenters. The summed E-state index contributed by atoms with van der Waals surface area (Å²) in [7, 11) is -3.60. The van der Waals surface area contributed by atoms with Crippen LogP contribution in [0.2, 0.25) is 5.02 Å². The molecule has 3 rings (SSSR count). The number of anilines is 1. The molecule has 1 fully saturated rings. The molecule has 1 saturated heterocycles. The van der Waals surface area contributed by atoms with Crippen LogP contribution < -0.4 is 9.62 Å². The maximum Gasteiger partial charge on any atom is 0.240 e. The number of hydrogen-bond acceptors (Lipinski definition) is 3. The SMILES string of the molecule is Cc1ccc(S(=O)(=O)NC[C@H]2CC(=O)N(c3ccc(Cl)cc3)C2)c(C)c1. The van der Waals surface area contributed by atoms with Gasteiger partial charge >= 0.3 is 0 Å². The van der Waals surface area contributed by atoms with Gasteiger partial charge in [-0.2, -0.15) is 0 Å². The molecule has 1 aliphatic heterocycles. The van der Waals surface area contributed by atoms with Crippen molar-refractivity contribution in [3.63, 3.8) is 0 Å². The molecule has 2 aromatic rings. The average molecular weight is 393 g/mol. The van der Waals surface area contributed by atoms with Crippen molar-refractivity contribution in [3.05, 3.63) is 58.6 Å². The summed E-state index contributed by atoms with van der Waals surface area (Å²) < 4.78 is 27.8. The summed E-state index contributed by atoms with van der Waals surface area (Å²) in [4.78, 5) is 14.2. The molecule has 0 bridgehead atoms. The zero-order chi connectivity index (χ0) is 18.9. The third-order valence-corrected chi connectivity index (χ3v) is 6.36. The van der Waals surface area contributed by atoms with Gasteiger partial charge in [0.25, 0.3) is 0 Å². The number of carbonyl (C=O) groups is 1. The zero-order valence-corrected chi connectivity index (χ0v) is 16.3. The number of hydrogen-bond donors (Lipinski definition) is 1. The van der Waals surface area contributed by atoms with E-state index in [9.17, 15) is 13.2 Å². The van der Waals surface area contributed by atoms with Gasteiger partial charge in [0.15, 0.2) is 0 Å². The maximum absolute atomic E-state index is 12.6. The molecule has 7 heteroatoms. The van der Waals surface area contributed by atoms with Crippen molar-refractivity contribution in [2.24, 2.45) is 5.92 Å². The Morgan fingerprint density at radius 3 is 2.50 bits per heavy atom. The van der Waals surface area contributed by atoms with Crippen LogP contribution in [0.25, 0.3) is 0 Å². The molecule has 2 aromatic carbocycles. The first-order valence-electron chi connectivity index (χ1n) is 8.39. The van der Waals surface area contributed by atoms with Crippen molar-refractivity contribution in [2.75, 3.05) is 18.0 Å². The highest BCUT2D eigenvalue weighted by molar-refractivity contribution is 7.89. The summed E-state index contributed by atoms with van der Waals surface area (Å²) in [6.45, 7) is 4.41. The predicted molar refractivity (Wildman–Crippen MR) is 103 cm³/mol. The van der Waals surface area contributed by atoms with E-state index in [2.05, 4.69) is 4.72 Å². The summed E-state index contributed by atoms with van der Waals surface area (Å²) in [5.41, 5.74) is 2.50. The molecular formula is C19H21ClN2O3S. The second kappa shape index (κ2) is 7.39. The van der Waals surface area contributed by atoms with Gasteiger partial charge < -0.3 is 4.90 Å². The third-order valence-electron chi connectivity index (χ3n) is 4.53. The minimum absolute atomic E-state index is 0.0111. The molecule has 0 aromatic heterocycles. The third kappa shape index (κ3) is 4.09. The van der Waals surface area contributed by atoms with E-state index in [0.29, 0.717) is 23.6 Å². The molecule has 0 spiro atoms. The first-order chi connectivity index (χ1) is 12.3. The van der Waals surface area contributed by atoms with E-state index in [4.69, 9.17) is 11.6 Å². The fraction of sp³-hybridized carbons (Fsp3) is 0.316. The van der Waals surface area contributed by atoms with Gasteiger partial charge in [-0.05, 0) is 55.7 Å². The van der Waals surface area contributed by atoms with Crippen LogP contribution in [0.3, 0.4) is 0 Å². The second-order valence-corrected chi connectivity index (χ2v) is 8.84. The van der Waals surface area contributed by atoms with Crippen LogP contribution in [-0.2, 0) is 14.8 Å². The molecule has 1 atom stereocenters. The van der Waals surface area contributed by atoms with Gasteiger partial charge in [0.2, 0.25) is 15.9 Å². The largest absolute Gasteiger partial charge is 0.312 e. The normalized spacial score (nSPS) is 17.7. The number of carbonyl (C=O) groups excluding carboxylic acids is 1. The molecule has 0 saturated carbocycles. The molecule has 0 radical (unpaired) electrons. The van der Waals surface area contributed by atoms with Gasteiger partial charge in [-0.3, -0.25) is 4.79 Å². The summed E-state index contributed by atoms with van der Waals surface area (Å²) in [6.07, 6.45) is 0.317. The standard InChI is InChI=1S/C19H21ClN2O3S/c1-13-3-8-18(14(2)9-13)26(24,25)21-11-15-10-19(23)22(12-15)17-6-4-16(20)5-7-17/h3-9,15,21H,10-12H2,1-2H3/t15-/m1/s1. The van der Waals surface area contributed by atoms with E-state index in [-0.39, 0.29) is 23.3 Å². The Kier molecular flexibility index (Phi) is 5.37. The quantitative estimate of drug-likeness (QED) is 0.849. The molecule has 5 nitrogen and oxygen atoms in total. The van der Waals surface area contributed by atoms with Crippen LogP contribution in [0.15, 0.2) is 47.4 Å². The van der Waals surface area contributed by atoms with Gasteiger partial charge in [0.05, 0.1) is 4.90 Å². The van der Waals surface area contributed by atoms with Crippen molar-refractivity contribution in [1.82, 2.24) is 4.72 Å². The molecule has 26 heavy (non-hydrogen) atoms. The van der Waals surface area contributed by atoms with Crippen LogP contribution in [0.1, 0.15) is 17.5 Å². The van der Waals surface area contributed by atoms with Crippen molar-refractivity contribution >= 4 is 33.2 Å². The number of nitrogens with zero attached hydrogens (tertiary/aromatic N) is 1. The smallest absolute Gasteiger partial charge is 0.240 e. The van der Waals surface area contributed by atoms with Crippen molar-refractivity contribution in [3.8, 4) is 0 Å². The summed E-state index contributed by atoms with van der Waals surface area (Å²) in [5.74, 6) is -0.0817. The van der Waals surface area contributed by atoms with E-state index in [1.165, 1.54) is 0 Å². The maximum atomic E-state index is 12.6. The van der Waals surface area contributed by atoms with Gasteiger partial charge in [-0.1, -0.05) is 29.3 Å². The van der Waals surface area contributed by atoms with Gasteiger partial charge in [-0.15, -0.1) is 0 Å². The number of benzene rings is 2. The minimum atomic E-state index is -3.60. The molecular weight excluding hydrogens is 372 g/mol. The number of amides is 1. The fourth-order valence-electron chi connectivity index (χ4n) is 3.20. The first-order valence-corrected chi connectivity index (χ1v) is 10.3. The fourth-order valence-corrected chi connectivity index (χ4v) is 4.66. The highest BCUT2D eigenvalue weighted by Crippen LogP contribution is 2.26. The van der Waals surface area contributed by atoms with E-state index >= 15 is 0 Å². The summed E-state index contributed by atoms with van der Waals surface area (Å²) >= 11 is 5.88. The van der Waals surface area contributed by atoms with E-state index in [0.717, 1.165) is 11.3 Å². The highest BCUT2D eigenvalue weighted by atomic mass is 35.5. The lowest BCUT2D eigenvalue weighted by molar-refractivity contribution is -0.117. The number of sulfonamides is 1. The highest BCUT2D eigenvalue weighted by Gasteiger charge is 2.31. The van der Waals surface area contributed by atoms with Crippen LogP contribution in [0.5, 0.6) is 0 Å². The topological polar surface area (TPSA) is 66.5 Å². The van der Waals surface area contributed by atoms with Crippen molar-refractivity contribution in [2.45, 2.75) is 25.2 Å². The van der Waals surface area contributed by atoms with E-state index in [1.807, 2.05) is 13.0 Å². The molecule has 1 heterocycles. The predicted octanol–water partition coefficient (Wildman–Crippen LogP) is 3.29. The van der Waals surface area contributed by atoms with Gasteiger partial charge in [0, 0.05) is 30.2 Å². The van der Waals surface area contributed by atoms with Gasteiger partial charge in [0.1, 0.15) is 0 Å². The number of rotatable bonds is 5. The molecule has 1 N–H and O–H groups in total. The lowest BCUT2D eigenvalue weighted by Crippen LogP contribution is -2.31. The van der Waals surface area contributed by atoms with Crippen molar-refractivity contribution in [1.29, 1.82) is 0 Å². The van der Waals surface area contributed by atoms with Crippen LogP contribution in [0, 0.1) is 19.8 Å². The minimum Gasteiger partial charge on any atom is -0.312 e. The van der Waals surface area contributed by atoms with Gasteiger partial charge in [-0.25, -0.2) is 13.1 Å². The molecule has 138 valence electrons. The summed E-state index contributed by atoms with van der Waals surface area (Å²) in [6, 6.07) is 12.3. The lowest BCUT2D eigenvalue weighted by atomic mass is 10.1. The monoisotopic (exact) mass is 392 g/mol. The Balaban J connectivity index is 1.66. The Hall–Kier alpha value is -1.89. The second-order valence-electron chi connectivity index (χ2n) is 6.67. The van der Waals surface area contributed by atoms with Crippen molar-refractivity contribution < 1.29 is 13.2 Å². The lowest BCUT2D eigenvalue weighted by Gasteiger charge is -2.17. The Morgan fingerprint density at radius 1 is 1.15 bits per heavy atom. The van der Waals surface area contributed by atoms with E-state index < -0.39 is 10.0 Å². The van der Waals surface area contributed by atoms with Crippen LogP contribution in [-0.4, -0.2) is 27.4 Å². The zero-order valence-electron chi connectivity index (χ0n) is 14.7. The Labute approximate surface area is 159 Å². The Morgan fingerprint density at radius 2 is 1.85 bits per heavy atom. The van der Waals surface area contributed by atoms with Crippen LogP contribution >= 0.6 is 11.6 Å². The molecule has 0 aliphatic carbocycles. The molecule has 1 aliphatic rings. The molecule has 1 amide bonds. The number of nitrogens with one attached hydrogen (secondary N) is 1. The Bertz CT molecular complexity index is 926. The van der Waals surface area contributed by atoms with Crippen LogP contribution in [0.4, 0.5) is 5.69 Å². The average Bonchev–Trinajstić information content (AvgIpc) is 2.94. The summed E-state index contributed by atoms with van der Waals surface area (Å²) in [5, 5.41) is 0.609. The number of halogens is 1.